The van der Waals surface area contributed by atoms with Crippen LogP contribution in [0.5, 0.6) is 0 Å². The number of nitrogens with one attached hydrogen (secondary N) is 2. The van der Waals surface area contributed by atoms with Gasteiger partial charge in [0, 0.05) is 29.0 Å². The fourth-order valence-corrected chi connectivity index (χ4v) is 3.23. The van der Waals surface area contributed by atoms with Gasteiger partial charge in [-0.2, -0.15) is 5.26 Å². The molecule has 6 nitrogen and oxygen atoms in total. The molecule has 0 unspecified atom stereocenters. The second-order valence-electron chi connectivity index (χ2n) is 6.24. The van der Waals surface area contributed by atoms with Crippen LogP contribution in [-0.4, -0.2) is 16.3 Å². The number of carbonyl (C=O) groups is 1. The molecule has 0 atom stereocenters. The maximum atomic E-state index is 11.0. The van der Waals surface area contributed by atoms with Crippen molar-refractivity contribution in [3.8, 4) is 17.4 Å². The normalized spacial score (nSPS) is 10.7. The molecule has 2 N–H and O–H groups in total. The largest absolute Gasteiger partial charge is 0.453 e. The molecule has 4 rings (SSSR count). The van der Waals surface area contributed by atoms with E-state index >= 15 is 0 Å². The Labute approximate surface area is 155 Å². The highest BCUT2D eigenvalue weighted by Gasteiger charge is 2.19. The van der Waals surface area contributed by atoms with Gasteiger partial charge in [0.1, 0.15) is 11.8 Å². The van der Waals surface area contributed by atoms with Crippen molar-refractivity contribution in [3.63, 3.8) is 0 Å². The highest BCUT2D eigenvalue weighted by atomic mass is 16.3. The van der Waals surface area contributed by atoms with Crippen LogP contribution < -0.4 is 5.32 Å². The van der Waals surface area contributed by atoms with Gasteiger partial charge in [-0.25, -0.2) is 0 Å². The van der Waals surface area contributed by atoms with Gasteiger partial charge in [-0.1, -0.05) is 0 Å². The van der Waals surface area contributed by atoms with Crippen LogP contribution in [0.1, 0.15) is 27.4 Å². The number of hydrogen-bond acceptors (Lipinski definition) is 5. The molecule has 0 spiro atoms. The Balaban J connectivity index is 1.90. The number of carbonyl (C=O) groups excluding carboxylic acids is 1. The number of pyridine rings is 1. The number of fused-ring (bicyclic) bond motifs is 1. The van der Waals surface area contributed by atoms with E-state index in [0.717, 1.165) is 22.2 Å². The number of nitriles is 1. The Bertz CT molecular complexity index is 1210. The number of H-pyrrole nitrogens is 1. The Hall–Kier alpha value is -3.85. The smallest absolute Gasteiger partial charge is 0.185 e. The van der Waals surface area contributed by atoms with Crippen LogP contribution in [0.3, 0.4) is 0 Å². The summed E-state index contributed by atoms with van der Waals surface area (Å²) in [5, 5.41) is 14.1. The van der Waals surface area contributed by atoms with Gasteiger partial charge in [0.15, 0.2) is 12.0 Å². The molecular formula is C21H16N4O2. The molecule has 0 saturated heterocycles. The van der Waals surface area contributed by atoms with Crippen molar-refractivity contribution < 1.29 is 9.21 Å². The maximum Gasteiger partial charge on any atom is 0.185 e. The second-order valence-corrected chi connectivity index (χ2v) is 6.24. The van der Waals surface area contributed by atoms with Gasteiger partial charge >= 0.3 is 0 Å². The number of aromatic amines is 1. The minimum atomic E-state index is 0.225. The van der Waals surface area contributed by atoms with E-state index in [0.29, 0.717) is 34.6 Å². The summed E-state index contributed by atoms with van der Waals surface area (Å²) >= 11 is 0. The van der Waals surface area contributed by atoms with E-state index in [-0.39, 0.29) is 5.76 Å². The summed E-state index contributed by atoms with van der Waals surface area (Å²) in [5.41, 5.74) is 5.35. The molecule has 1 aromatic carbocycles. The molecule has 0 amide bonds. The SMILES string of the molecule is Cc1ncc(C#N)c(Nc2ccc3[nH]ccc3c2C)c1-c1ccc(C=O)o1. The Morgan fingerprint density at radius 3 is 2.81 bits per heavy atom. The molecule has 0 bridgehead atoms. The summed E-state index contributed by atoms with van der Waals surface area (Å²) in [6, 6.07) is 11.5. The standard InChI is InChI=1S/C21H16N4O2/c1-12-16-7-8-23-18(16)5-4-17(12)25-21-14(9-22)10-24-13(2)20(21)19-6-3-15(11-26)27-19/h3-8,10-11,23H,1-2H3,(H,24,25). The van der Waals surface area contributed by atoms with Gasteiger partial charge in [0.25, 0.3) is 0 Å². The highest BCUT2D eigenvalue weighted by Crippen LogP contribution is 2.37. The van der Waals surface area contributed by atoms with Crippen molar-refractivity contribution in [2.45, 2.75) is 13.8 Å². The number of nitrogens with zero attached hydrogens (tertiary/aromatic N) is 2. The third-order valence-corrected chi connectivity index (χ3v) is 4.64. The molecule has 4 aromatic rings. The number of furan rings is 1. The summed E-state index contributed by atoms with van der Waals surface area (Å²) in [7, 11) is 0. The highest BCUT2D eigenvalue weighted by molar-refractivity contribution is 5.91. The minimum absolute atomic E-state index is 0.225. The molecular weight excluding hydrogens is 340 g/mol. The van der Waals surface area contributed by atoms with Crippen LogP contribution in [0.4, 0.5) is 11.4 Å². The van der Waals surface area contributed by atoms with E-state index in [1.807, 2.05) is 38.2 Å². The van der Waals surface area contributed by atoms with Crippen molar-refractivity contribution in [2.75, 3.05) is 5.32 Å². The average molecular weight is 356 g/mol. The van der Waals surface area contributed by atoms with Crippen LogP contribution in [0, 0.1) is 25.2 Å². The van der Waals surface area contributed by atoms with E-state index in [9.17, 15) is 10.1 Å². The first kappa shape index (κ1) is 16.6. The number of hydrogen-bond donors (Lipinski definition) is 2. The lowest BCUT2D eigenvalue weighted by Crippen LogP contribution is -2.02. The molecule has 0 saturated carbocycles. The van der Waals surface area contributed by atoms with E-state index in [4.69, 9.17) is 4.42 Å². The number of aldehydes is 1. The number of anilines is 2. The van der Waals surface area contributed by atoms with Crippen LogP contribution in [0.2, 0.25) is 0 Å². The van der Waals surface area contributed by atoms with E-state index in [1.54, 1.807) is 12.1 Å². The molecule has 3 heterocycles. The molecule has 0 aliphatic carbocycles. The van der Waals surface area contributed by atoms with Crippen molar-refractivity contribution in [2.24, 2.45) is 0 Å². The number of aryl methyl sites for hydroxylation is 2. The fraction of sp³-hybridized carbons (Fsp3) is 0.0952. The fourth-order valence-electron chi connectivity index (χ4n) is 3.23. The summed E-state index contributed by atoms with van der Waals surface area (Å²) in [5.74, 6) is 0.713. The molecule has 0 aliphatic heterocycles. The number of benzene rings is 1. The van der Waals surface area contributed by atoms with Crippen LogP contribution in [0.15, 0.2) is 47.1 Å². The zero-order chi connectivity index (χ0) is 19.0. The van der Waals surface area contributed by atoms with Gasteiger partial charge in [-0.15, -0.1) is 0 Å². The molecule has 132 valence electrons. The Morgan fingerprint density at radius 2 is 2.07 bits per heavy atom. The average Bonchev–Trinajstić information content (AvgIpc) is 3.34. The lowest BCUT2D eigenvalue weighted by atomic mass is 10.0. The van der Waals surface area contributed by atoms with Crippen molar-refractivity contribution in [3.05, 3.63) is 65.3 Å². The van der Waals surface area contributed by atoms with Gasteiger partial charge < -0.3 is 14.7 Å². The summed E-state index contributed by atoms with van der Waals surface area (Å²) in [4.78, 5) is 18.5. The van der Waals surface area contributed by atoms with Gasteiger partial charge in [0.05, 0.1) is 22.5 Å². The minimum Gasteiger partial charge on any atom is -0.453 e. The van der Waals surface area contributed by atoms with Gasteiger partial charge in [0.2, 0.25) is 0 Å². The van der Waals surface area contributed by atoms with E-state index in [1.165, 1.54) is 6.20 Å². The summed E-state index contributed by atoms with van der Waals surface area (Å²) in [6.07, 6.45) is 4.08. The summed E-state index contributed by atoms with van der Waals surface area (Å²) < 4.78 is 5.60. The Kier molecular flexibility index (Phi) is 3.98. The topological polar surface area (TPSA) is 94.7 Å². The first-order valence-electron chi connectivity index (χ1n) is 8.41. The zero-order valence-electron chi connectivity index (χ0n) is 14.8. The van der Waals surface area contributed by atoms with Crippen molar-refractivity contribution >= 4 is 28.6 Å². The van der Waals surface area contributed by atoms with E-state index < -0.39 is 0 Å². The molecule has 6 heteroatoms. The lowest BCUT2D eigenvalue weighted by Gasteiger charge is -2.16. The van der Waals surface area contributed by atoms with Crippen molar-refractivity contribution in [1.82, 2.24) is 9.97 Å². The molecule has 0 fully saturated rings. The third kappa shape index (κ3) is 2.75. The van der Waals surface area contributed by atoms with Gasteiger partial charge in [-0.05, 0) is 49.7 Å². The quantitative estimate of drug-likeness (QED) is 0.509. The van der Waals surface area contributed by atoms with Crippen LogP contribution in [-0.2, 0) is 0 Å². The summed E-state index contributed by atoms with van der Waals surface area (Å²) in [6.45, 7) is 3.86. The maximum absolute atomic E-state index is 11.0. The first-order valence-corrected chi connectivity index (χ1v) is 8.41. The van der Waals surface area contributed by atoms with Crippen LogP contribution in [0.25, 0.3) is 22.2 Å². The Morgan fingerprint density at radius 1 is 1.22 bits per heavy atom. The lowest BCUT2D eigenvalue weighted by molar-refractivity contribution is 0.110. The van der Waals surface area contributed by atoms with E-state index in [2.05, 4.69) is 21.4 Å². The second kappa shape index (κ2) is 6.46. The number of aromatic nitrogens is 2. The third-order valence-electron chi connectivity index (χ3n) is 4.64. The monoisotopic (exact) mass is 356 g/mol. The molecule has 27 heavy (non-hydrogen) atoms. The zero-order valence-corrected chi connectivity index (χ0v) is 14.8. The first-order chi connectivity index (χ1) is 13.1. The van der Waals surface area contributed by atoms with Crippen LogP contribution >= 0.6 is 0 Å². The predicted octanol–water partition coefficient (Wildman–Crippen LogP) is 4.87. The molecule has 0 aliphatic rings. The molecule has 3 aromatic heterocycles. The molecule has 0 radical (unpaired) electrons. The predicted molar refractivity (Wildman–Crippen MR) is 103 cm³/mol. The van der Waals surface area contributed by atoms with Gasteiger partial charge in [-0.3, -0.25) is 9.78 Å². The number of rotatable bonds is 4. The van der Waals surface area contributed by atoms with Crippen molar-refractivity contribution in [1.29, 1.82) is 5.26 Å².